The molecule has 1 amide bonds. The van der Waals surface area contributed by atoms with Gasteiger partial charge in [0.15, 0.2) is 6.10 Å². The molecule has 1 aromatic rings. The molecular formula is C18H23FN2O2. The van der Waals surface area contributed by atoms with Crippen LogP contribution in [0.1, 0.15) is 44.6 Å². The van der Waals surface area contributed by atoms with Gasteiger partial charge in [0.2, 0.25) is 5.91 Å². The third-order valence-electron chi connectivity index (χ3n) is 4.71. The summed E-state index contributed by atoms with van der Waals surface area (Å²) in [5.41, 5.74) is 1.50. The monoisotopic (exact) mass is 318 g/mol. The number of rotatable bonds is 5. The van der Waals surface area contributed by atoms with Gasteiger partial charge in [-0.05, 0) is 31.9 Å². The van der Waals surface area contributed by atoms with Gasteiger partial charge < -0.3 is 9.74 Å². The molecule has 1 aliphatic heterocycles. The molecular weight excluding hydrogens is 295 g/mol. The van der Waals surface area contributed by atoms with Crippen LogP contribution < -0.4 is 0 Å². The van der Waals surface area contributed by atoms with E-state index in [1.807, 2.05) is 17.9 Å². The number of amides is 1. The Bertz CT molecular complexity index is 596. The largest absolute Gasteiger partial charge is 0.390 e. The SMILES string of the molecule is CCN(C[C@H]1CC(c2cccc(F)c2)=NO1)C(=O)C1CCCC1. The highest BCUT2D eigenvalue weighted by Gasteiger charge is 2.30. The minimum atomic E-state index is -0.278. The van der Waals surface area contributed by atoms with Crippen molar-refractivity contribution in [2.45, 2.75) is 45.1 Å². The zero-order valence-electron chi connectivity index (χ0n) is 13.5. The summed E-state index contributed by atoms with van der Waals surface area (Å²) < 4.78 is 13.3. The highest BCUT2D eigenvalue weighted by molar-refractivity contribution is 6.01. The molecule has 1 heterocycles. The average molecular weight is 318 g/mol. The number of nitrogens with zero attached hydrogens (tertiary/aromatic N) is 2. The van der Waals surface area contributed by atoms with E-state index in [1.165, 1.54) is 12.1 Å². The van der Waals surface area contributed by atoms with Gasteiger partial charge in [-0.2, -0.15) is 0 Å². The highest BCUT2D eigenvalue weighted by Crippen LogP contribution is 2.27. The van der Waals surface area contributed by atoms with Crippen LogP contribution in [0.15, 0.2) is 29.4 Å². The lowest BCUT2D eigenvalue weighted by Crippen LogP contribution is -2.40. The summed E-state index contributed by atoms with van der Waals surface area (Å²) in [5, 5.41) is 4.08. The quantitative estimate of drug-likeness (QED) is 0.835. The molecule has 0 radical (unpaired) electrons. The summed E-state index contributed by atoms with van der Waals surface area (Å²) in [7, 11) is 0. The standard InChI is InChI=1S/C18H23FN2O2/c1-2-21(18(22)13-6-3-4-7-13)12-16-11-17(20-23-16)14-8-5-9-15(19)10-14/h5,8-10,13,16H,2-4,6-7,11-12H2,1H3/t16-/m1/s1. The summed E-state index contributed by atoms with van der Waals surface area (Å²) in [4.78, 5) is 19.9. The third kappa shape index (κ3) is 3.71. The maximum absolute atomic E-state index is 13.3. The second-order valence-corrected chi connectivity index (χ2v) is 6.34. The maximum atomic E-state index is 13.3. The van der Waals surface area contributed by atoms with Crippen LogP contribution in [-0.2, 0) is 9.63 Å². The van der Waals surface area contributed by atoms with Gasteiger partial charge >= 0.3 is 0 Å². The van der Waals surface area contributed by atoms with Crippen LogP contribution >= 0.6 is 0 Å². The van der Waals surface area contributed by atoms with Crippen LogP contribution in [0.5, 0.6) is 0 Å². The Morgan fingerprint density at radius 2 is 2.17 bits per heavy atom. The van der Waals surface area contributed by atoms with E-state index in [2.05, 4.69) is 5.16 Å². The van der Waals surface area contributed by atoms with E-state index in [0.717, 1.165) is 37.0 Å². The number of oxime groups is 1. The summed E-state index contributed by atoms with van der Waals surface area (Å²) in [6.45, 7) is 3.23. The van der Waals surface area contributed by atoms with Crippen molar-refractivity contribution in [3.8, 4) is 0 Å². The fraction of sp³-hybridized carbons (Fsp3) is 0.556. The van der Waals surface area contributed by atoms with Gasteiger partial charge in [-0.1, -0.05) is 30.1 Å². The normalized spacial score (nSPS) is 21.1. The Balaban J connectivity index is 1.58. The molecule has 0 spiro atoms. The third-order valence-corrected chi connectivity index (χ3v) is 4.71. The Morgan fingerprint density at radius 1 is 1.39 bits per heavy atom. The first-order valence-corrected chi connectivity index (χ1v) is 8.44. The fourth-order valence-electron chi connectivity index (χ4n) is 3.42. The van der Waals surface area contributed by atoms with Gasteiger partial charge in [-0.25, -0.2) is 4.39 Å². The van der Waals surface area contributed by atoms with Crippen LogP contribution in [0.25, 0.3) is 0 Å². The smallest absolute Gasteiger partial charge is 0.225 e. The lowest BCUT2D eigenvalue weighted by atomic mass is 10.0. The lowest BCUT2D eigenvalue weighted by Gasteiger charge is -2.26. The minimum Gasteiger partial charge on any atom is -0.390 e. The van der Waals surface area contributed by atoms with E-state index < -0.39 is 0 Å². The van der Waals surface area contributed by atoms with Crippen molar-refractivity contribution in [1.82, 2.24) is 4.90 Å². The maximum Gasteiger partial charge on any atom is 0.225 e. The molecule has 1 atom stereocenters. The average Bonchev–Trinajstić information content (AvgIpc) is 3.23. The Hall–Kier alpha value is -1.91. The molecule has 0 unspecified atom stereocenters. The van der Waals surface area contributed by atoms with Crippen molar-refractivity contribution in [1.29, 1.82) is 0 Å². The molecule has 3 rings (SSSR count). The molecule has 1 aliphatic carbocycles. The summed E-state index contributed by atoms with van der Waals surface area (Å²) in [6.07, 6.45) is 4.79. The molecule has 1 fully saturated rings. The predicted molar refractivity (Wildman–Crippen MR) is 86.6 cm³/mol. The van der Waals surface area contributed by atoms with Crippen molar-refractivity contribution in [3.63, 3.8) is 0 Å². The predicted octanol–water partition coefficient (Wildman–Crippen LogP) is 3.36. The Labute approximate surface area is 136 Å². The molecule has 0 N–H and O–H groups in total. The van der Waals surface area contributed by atoms with Crippen LogP contribution in [0.4, 0.5) is 4.39 Å². The van der Waals surface area contributed by atoms with Crippen LogP contribution in [0.2, 0.25) is 0 Å². The molecule has 0 aromatic heterocycles. The number of benzene rings is 1. The highest BCUT2D eigenvalue weighted by atomic mass is 19.1. The number of halogens is 1. The molecule has 2 aliphatic rings. The minimum absolute atomic E-state index is 0.140. The zero-order valence-corrected chi connectivity index (χ0v) is 13.5. The van der Waals surface area contributed by atoms with E-state index in [9.17, 15) is 9.18 Å². The van der Waals surface area contributed by atoms with Gasteiger partial charge in [0.25, 0.3) is 0 Å². The van der Waals surface area contributed by atoms with Gasteiger partial charge in [0.05, 0.1) is 12.3 Å². The van der Waals surface area contributed by atoms with Crippen molar-refractivity contribution >= 4 is 11.6 Å². The molecule has 4 nitrogen and oxygen atoms in total. The zero-order chi connectivity index (χ0) is 16.2. The van der Waals surface area contributed by atoms with Gasteiger partial charge in [0, 0.05) is 24.4 Å². The lowest BCUT2D eigenvalue weighted by molar-refractivity contribution is -0.136. The number of hydrogen-bond donors (Lipinski definition) is 0. The van der Waals surface area contributed by atoms with Gasteiger partial charge in [0.1, 0.15) is 5.82 Å². The molecule has 1 saturated carbocycles. The first-order valence-electron chi connectivity index (χ1n) is 8.44. The second kappa shape index (κ2) is 7.11. The molecule has 124 valence electrons. The van der Waals surface area contributed by atoms with E-state index in [0.29, 0.717) is 19.5 Å². The van der Waals surface area contributed by atoms with Crippen LogP contribution in [0, 0.1) is 11.7 Å². The number of hydrogen-bond acceptors (Lipinski definition) is 3. The van der Waals surface area contributed by atoms with Crippen molar-refractivity contribution < 1.29 is 14.0 Å². The second-order valence-electron chi connectivity index (χ2n) is 6.34. The molecule has 0 saturated heterocycles. The number of carbonyl (C=O) groups excluding carboxylic acids is 1. The number of likely N-dealkylation sites (N-methyl/N-ethyl adjacent to an activating group) is 1. The molecule has 0 bridgehead atoms. The van der Waals surface area contributed by atoms with Crippen molar-refractivity contribution in [2.75, 3.05) is 13.1 Å². The van der Waals surface area contributed by atoms with E-state index in [4.69, 9.17) is 4.84 Å². The Morgan fingerprint density at radius 3 is 2.87 bits per heavy atom. The van der Waals surface area contributed by atoms with Crippen molar-refractivity contribution in [2.24, 2.45) is 11.1 Å². The van der Waals surface area contributed by atoms with Gasteiger partial charge in [-0.3, -0.25) is 4.79 Å². The molecule has 1 aromatic carbocycles. The first-order chi connectivity index (χ1) is 11.2. The topological polar surface area (TPSA) is 41.9 Å². The summed E-state index contributed by atoms with van der Waals surface area (Å²) in [6, 6.07) is 6.37. The number of carbonyl (C=O) groups is 1. The molecule has 5 heteroatoms. The van der Waals surface area contributed by atoms with E-state index in [1.54, 1.807) is 6.07 Å². The van der Waals surface area contributed by atoms with E-state index in [-0.39, 0.29) is 23.7 Å². The first kappa shape index (κ1) is 16.0. The van der Waals surface area contributed by atoms with E-state index >= 15 is 0 Å². The van der Waals surface area contributed by atoms with Crippen LogP contribution in [-0.4, -0.2) is 35.7 Å². The van der Waals surface area contributed by atoms with Gasteiger partial charge in [-0.15, -0.1) is 0 Å². The summed E-state index contributed by atoms with van der Waals surface area (Å²) >= 11 is 0. The molecule has 23 heavy (non-hydrogen) atoms. The fourth-order valence-corrected chi connectivity index (χ4v) is 3.42. The Kier molecular flexibility index (Phi) is 4.94. The van der Waals surface area contributed by atoms with Crippen LogP contribution in [0.3, 0.4) is 0 Å². The summed E-state index contributed by atoms with van der Waals surface area (Å²) in [5.74, 6) is 0.146. The van der Waals surface area contributed by atoms with Crippen molar-refractivity contribution in [3.05, 3.63) is 35.6 Å².